The molecule has 1 aromatic carbocycles. The number of nitrogens with one attached hydrogen (secondary N) is 1. The van der Waals surface area contributed by atoms with E-state index < -0.39 is 10.6 Å². The summed E-state index contributed by atoms with van der Waals surface area (Å²) in [6.07, 6.45) is 0.564. The average molecular weight is 291 g/mol. The van der Waals surface area contributed by atoms with Crippen LogP contribution in [0.1, 0.15) is 16.8 Å². The Bertz CT molecular complexity index is 481. The van der Waals surface area contributed by atoms with Crippen LogP contribution in [0, 0.1) is 0 Å². The highest BCUT2D eigenvalue weighted by Gasteiger charge is 2.29. The molecule has 1 atom stereocenters. The van der Waals surface area contributed by atoms with Gasteiger partial charge in [0.05, 0.1) is 16.3 Å². The molecule has 100 valence electrons. The molecule has 0 radical (unpaired) electrons. The van der Waals surface area contributed by atoms with Gasteiger partial charge in [0.25, 0.3) is 5.91 Å². The highest BCUT2D eigenvalue weighted by atomic mass is 35.5. The summed E-state index contributed by atoms with van der Waals surface area (Å²) in [4.78, 5) is 12.0. The van der Waals surface area contributed by atoms with E-state index in [1.807, 2.05) is 0 Å². The van der Waals surface area contributed by atoms with Gasteiger partial charge in [-0.25, -0.2) is 0 Å². The van der Waals surface area contributed by atoms with E-state index >= 15 is 0 Å². The van der Waals surface area contributed by atoms with Gasteiger partial charge in [0.15, 0.2) is 0 Å². The highest BCUT2D eigenvalue weighted by molar-refractivity contribution is 8.24. The van der Waals surface area contributed by atoms with Gasteiger partial charge in [0.2, 0.25) is 0 Å². The van der Waals surface area contributed by atoms with E-state index in [1.54, 1.807) is 12.1 Å². The molecule has 1 fully saturated rings. The van der Waals surface area contributed by atoms with Crippen molar-refractivity contribution in [1.29, 1.82) is 0 Å². The molecule has 1 aliphatic rings. The molecule has 2 rings (SSSR count). The van der Waals surface area contributed by atoms with E-state index in [9.17, 15) is 13.9 Å². The van der Waals surface area contributed by atoms with Crippen molar-refractivity contribution in [2.45, 2.75) is 12.5 Å². The number of hydrogen-bond donors (Lipinski definition) is 4. The first kappa shape index (κ1) is 13.5. The number of carbonyl (C=O) groups is 1. The Labute approximate surface area is 112 Å². The topological polar surface area (TPSA) is 95.6 Å². The minimum Gasteiger partial charge on any atom is -0.399 e. The monoisotopic (exact) mass is 290 g/mol. The number of halogens is 1. The Morgan fingerprint density at radius 3 is 2.83 bits per heavy atom. The van der Waals surface area contributed by atoms with E-state index in [0.717, 1.165) is 0 Å². The summed E-state index contributed by atoms with van der Waals surface area (Å²) in [6, 6.07) is 4.46. The van der Waals surface area contributed by atoms with Crippen LogP contribution in [-0.4, -0.2) is 32.6 Å². The fourth-order valence-corrected chi connectivity index (χ4v) is 3.84. The van der Waals surface area contributed by atoms with E-state index in [2.05, 4.69) is 5.32 Å². The van der Waals surface area contributed by atoms with Crippen LogP contribution in [0.4, 0.5) is 5.69 Å². The second kappa shape index (κ2) is 4.97. The normalized spacial score (nSPS) is 23.6. The summed E-state index contributed by atoms with van der Waals surface area (Å²) in [5.74, 6) is 0.204. The molecule has 5 nitrogen and oxygen atoms in total. The first-order valence-electron chi connectivity index (χ1n) is 5.47. The van der Waals surface area contributed by atoms with Gasteiger partial charge in [-0.05, 0) is 24.6 Å². The Balaban J connectivity index is 2.06. The fraction of sp³-hybridized carbons (Fsp3) is 0.364. The maximum Gasteiger partial charge on any atom is 0.253 e. The van der Waals surface area contributed by atoms with Crippen molar-refractivity contribution in [2.75, 3.05) is 17.2 Å². The summed E-state index contributed by atoms with van der Waals surface area (Å²) in [6.45, 7) is 0. The Morgan fingerprint density at radius 2 is 2.22 bits per heavy atom. The van der Waals surface area contributed by atoms with Gasteiger partial charge in [-0.1, -0.05) is 11.6 Å². The molecule has 0 aromatic heterocycles. The lowest BCUT2D eigenvalue weighted by atomic mass is 10.1. The van der Waals surface area contributed by atoms with Crippen LogP contribution >= 0.6 is 22.2 Å². The molecule has 1 saturated heterocycles. The molecule has 7 heteroatoms. The molecule has 1 aliphatic heterocycles. The lowest BCUT2D eigenvalue weighted by molar-refractivity contribution is 0.0941. The quantitative estimate of drug-likeness (QED) is 0.628. The van der Waals surface area contributed by atoms with Crippen LogP contribution in [0.5, 0.6) is 0 Å². The van der Waals surface area contributed by atoms with Crippen molar-refractivity contribution in [1.82, 2.24) is 5.32 Å². The smallest absolute Gasteiger partial charge is 0.253 e. The van der Waals surface area contributed by atoms with Crippen molar-refractivity contribution in [3.05, 3.63) is 28.8 Å². The average Bonchev–Trinajstić information content (AvgIpc) is 2.61. The van der Waals surface area contributed by atoms with Crippen molar-refractivity contribution in [2.24, 2.45) is 0 Å². The van der Waals surface area contributed by atoms with Crippen LogP contribution < -0.4 is 11.1 Å². The standard InChI is InChI=1S/C11H15ClN2O3S/c12-10-2-1-7(13)5-9(10)11(15)14-8-3-4-18(16,17)6-8/h1-2,5,8,16-17H,3-4,6,13H2,(H,14,15). The zero-order chi connectivity index (χ0) is 13.3. The second-order valence-electron chi connectivity index (χ2n) is 4.37. The third kappa shape index (κ3) is 3.08. The molecule has 5 N–H and O–H groups in total. The van der Waals surface area contributed by atoms with E-state index in [0.29, 0.717) is 28.4 Å². The zero-order valence-corrected chi connectivity index (χ0v) is 11.2. The largest absolute Gasteiger partial charge is 0.399 e. The number of amides is 1. The summed E-state index contributed by atoms with van der Waals surface area (Å²) in [5, 5.41) is 3.07. The molecule has 1 aromatic rings. The summed E-state index contributed by atoms with van der Waals surface area (Å²) in [5.41, 5.74) is 6.37. The van der Waals surface area contributed by atoms with E-state index in [1.165, 1.54) is 6.07 Å². The molecule has 0 spiro atoms. The number of nitrogens with two attached hydrogens (primary N) is 1. The minimum absolute atomic E-state index is 0.207. The number of rotatable bonds is 2. The third-order valence-electron chi connectivity index (χ3n) is 2.83. The lowest BCUT2D eigenvalue weighted by Gasteiger charge is -2.26. The Hall–Kier alpha value is -0.950. The molecule has 1 unspecified atom stereocenters. The van der Waals surface area contributed by atoms with Crippen LogP contribution in [0.2, 0.25) is 5.02 Å². The van der Waals surface area contributed by atoms with Crippen LogP contribution in [0.25, 0.3) is 0 Å². The first-order chi connectivity index (χ1) is 8.37. The maximum absolute atomic E-state index is 12.0. The summed E-state index contributed by atoms with van der Waals surface area (Å²) < 4.78 is 19.0. The van der Waals surface area contributed by atoms with Crippen molar-refractivity contribution in [3.8, 4) is 0 Å². The van der Waals surface area contributed by atoms with Gasteiger partial charge >= 0.3 is 0 Å². The van der Waals surface area contributed by atoms with Gasteiger partial charge in [-0.3, -0.25) is 13.9 Å². The third-order valence-corrected chi connectivity index (χ3v) is 4.99. The molecule has 1 heterocycles. The Morgan fingerprint density at radius 1 is 1.50 bits per heavy atom. The zero-order valence-electron chi connectivity index (χ0n) is 9.60. The van der Waals surface area contributed by atoms with Crippen molar-refractivity contribution in [3.63, 3.8) is 0 Å². The molecule has 0 bridgehead atoms. The molecular weight excluding hydrogens is 276 g/mol. The van der Waals surface area contributed by atoms with Crippen LogP contribution in [0.3, 0.4) is 0 Å². The predicted molar refractivity (Wildman–Crippen MR) is 74.3 cm³/mol. The highest BCUT2D eigenvalue weighted by Crippen LogP contribution is 2.45. The van der Waals surface area contributed by atoms with Gasteiger partial charge < -0.3 is 11.1 Å². The SMILES string of the molecule is Nc1ccc(Cl)c(C(=O)NC2CCS(O)(O)C2)c1. The number of nitrogen functional groups attached to an aromatic ring is 1. The van der Waals surface area contributed by atoms with Gasteiger partial charge in [0, 0.05) is 17.5 Å². The predicted octanol–water partition coefficient (Wildman–Crippen LogP) is 2.17. The molecule has 0 saturated carbocycles. The minimum atomic E-state index is -2.51. The van der Waals surface area contributed by atoms with Gasteiger partial charge in [0.1, 0.15) is 0 Å². The Kier molecular flexibility index (Phi) is 3.72. The fourth-order valence-electron chi connectivity index (χ4n) is 1.91. The van der Waals surface area contributed by atoms with Crippen LogP contribution in [0.15, 0.2) is 18.2 Å². The summed E-state index contributed by atoms with van der Waals surface area (Å²) in [7, 11) is -2.51. The molecule has 18 heavy (non-hydrogen) atoms. The lowest BCUT2D eigenvalue weighted by Crippen LogP contribution is -2.35. The molecular formula is C11H15ClN2O3S. The number of benzene rings is 1. The first-order valence-corrected chi connectivity index (χ1v) is 7.73. The maximum atomic E-state index is 12.0. The summed E-state index contributed by atoms with van der Waals surface area (Å²) >= 11 is 5.92. The van der Waals surface area contributed by atoms with Gasteiger partial charge in [-0.2, -0.15) is 10.6 Å². The number of hydrogen-bond acceptors (Lipinski definition) is 4. The van der Waals surface area contributed by atoms with E-state index in [4.69, 9.17) is 17.3 Å². The van der Waals surface area contributed by atoms with Gasteiger partial charge in [-0.15, -0.1) is 0 Å². The number of carbonyl (C=O) groups excluding carboxylic acids is 1. The van der Waals surface area contributed by atoms with Crippen LogP contribution in [-0.2, 0) is 0 Å². The van der Waals surface area contributed by atoms with Crippen molar-refractivity contribution < 1.29 is 13.9 Å². The molecule has 1 amide bonds. The van der Waals surface area contributed by atoms with Crippen molar-refractivity contribution >= 4 is 33.8 Å². The van der Waals surface area contributed by atoms with E-state index in [-0.39, 0.29) is 17.7 Å². The second-order valence-corrected chi connectivity index (χ2v) is 7.12. The number of anilines is 1. The molecule has 0 aliphatic carbocycles.